The van der Waals surface area contributed by atoms with Crippen molar-refractivity contribution < 1.29 is 4.57 Å². The summed E-state index contributed by atoms with van der Waals surface area (Å²) in [5, 5.41) is 0. The van der Waals surface area contributed by atoms with E-state index in [0.717, 1.165) is 31.1 Å². The molecule has 4 rings (SSSR count). The van der Waals surface area contributed by atoms with Gasteiger partial charge in [-0.1, -0.05) is 64.1 Å². The van der Waals surface area contributed by atoms with Crippen molar-refractivity contribution in [3.05, 3.63) is 120 Å². The summed E-state index contributed by atoms with van der Waals surface area (Å²) in [4.78, 5) is 6.92. The van der Waals surface area contributed by atoms with Gasteiger partial charge in [0.05, 0.1) is 0 Å². The Hall–Kier alpha value is -3.35. The zero-order valence-electron chi connectivity index (χ0n) is 24.1. The monoisotopic (exact) mass is 569 g/mol. The van der Waals surface area contributed by atoms with Gasteiger partial charge in [-0.05, 0) is 59.7 Å². The van der Waals surface area contributed by atoms with Gasteiger partial charge in [-0.25, -0.2) is 4.57 Å². The van der Waals surface area contributed by atoms with Crippen LogP contribution < -0.4 is 14.4 Å². The summed E-state index contributed by atoms with van der Waals surface area (Å²) in [5.41, 5.74) is 7.38. The Morgan fingerprint density at radius 2 is 1.35 bits per heavy atom. The number of aryl methyl sites for hydroxylation is 1. The van der Waals surface area contributed by atoms with Crippen LogP contribution in [-0.2, 0) is 7.05 Å². The lowest BCUT2D eigenvalue weighted by atomic mass is 10.1. The molecule has 1 aromatic heterocycles. The van der Waals surface area contributed by atoms with E-state index in [1.54, 1.807) is 0 Å². The summed E-state index contributed by atoms with van der Waals surface area (Å²) in [6.07, 6.45) is 17.2. The van der Waals surface area contributed by atoms with Gasteiger partial charge in [-0.15, -0.1) is 0 Å². The third-order valence-corrected chi connectivity index (χ3v) is 9.35. The van der Waals surface area contributed by atoms with Crippen molar-refractivity contribution in [2.45, 2.75) is 0 Å². The maximum atomic E-state index is 2.34. The average Bonchev–Trinajstić information content (AvgIpc) is 2.98. The van der Waals surface area contributed by atoms with Gasteiger partial charge in [-0.3, -0.25) is 0 Å². The van der Waals surface area contributed by atoms with Crippen LogP contribution in [0.1, 0.15) is 16.8 Å². The molecule has 0 unspecified atom stereocenters. The van der Waals surface area contributed by atoms with E-state index in [-0.39, 0.29) is 0 Å². The second-order valence-corrected chi connectivity index (χ2v) is 12.7. The summed E-state index contributed by atoms with van der Waals surface area (Å²) < 4.78 is 2.12. The minimum atomic E-state index is 0.966. The first kappa shape index (κ1) is 29.6. The number of rotatable bonds is 13. The highest BCUT2D eigenvalue weighted by Gasteiger charge is 2.05. The molecular weight excluding hydrogens is 529 g/mol. The van der Waals surface area contributed by atoms with Crippen molar-refractivity contribution in [3.63, 3.8) is 0 Å². The SMILES string of the molecule is CN1CC=CC=C1/C=C/c1ccc(N(C)CCSSCCN(C)c2ccc(/C=C/c3cccc[n+]3C)cc2)cc1. The van der Waals surface area contributed by atoms with E-state index in [0.29, 0.717) is 0 Å². The molecule has 2 aromatic carbocycles. The molecule has 0 atom stereocenters. The molecule has 40 heavy (non-hydrogen) atoms. The van der Waals surface area contributed by atoms with Gasteiger partial charge in [-0.2, -0.15) is 0 Å². The van der Waals surface area contributed by atoms with Gasteiger partial charge >= 0.3 is 0 Å². The second kappa shape index (κ2) is 15.4. The highest BCUT2D eigenvalue weighted by molar-refractivity contribution is 8.76. The number of aromatic nitrogens is 1. The van der Waals surface area contributed by atoms with E-state index in [1.165, 1.54) is 33.9 Å². The van der Waals surface area contributed by atoms with E-state index in [2.05, 4.69) is 157 Å². The van der Waals surface area contributed by atoms with Crippen LogP contribution in [-0.4, -0.2) is 57.2 Å². The van der Waals surface area contributed by atoms with Crippen molar-refractivity contribution >= 4 is 51.2 Å². The summed E-state index contributed by atoms with van der Waals surface area (Å²) in [6.45, 7) is 3.02. The molecule has 0 radical (unpaired) electrons. The quantitative estimate of drug-likeness (QED) is 0.124. The molecule has 0 aliphatic carbocycles. The normalized spacial score (nSPS) is 13.3. The lowest BCUT2D eigenvalue weighted by Crippen LogP contribution is -2.30. The molecule has 0 N–H and O–H groups in total. The molecule has 0 spiro atoms. The van der Waals surface area contributed by atoms with Crippen LogP contribution in [0, 0.1) is 0 Å². The minimum absolute atomic E-state index is 0.966. The maximum Gasteiger partial charge on any atom is 0.204 e. The van der Waals surface area contributed by atoms with E-state index in [9.17, 15) is 0 Å². The van der Waals surface area contributed by atoms with E-state index in [4.69, 9.17) is 0 Å². The first-order chi connectivity index (χ1) is 19.5. The van der Waals surface area contributed by atoms with Crippen molar-refractivity contribution in [2.24, 2.45) is 7.05 Å². The molecule has 0 bridgehead atoms. The Kier molecular flexibility index (Phi) is 11.4. The molecule has 2 heterocycles. The molecule has 208 valence electrons. The highest BCUT2D eigenvalue weighted by Crippen LogP contribution is 2.24. The van der Waals surface area contributed by atoms with Crippen LogP contribution in [0.15, 0.2) is 103 Å². The molecule has 6 heteroatoms. The lowest BCUT2D eigenvalue weighted by molar-refractivity contribution is -0.673. The third kappa shape index (κ3) is 9.10. The fourth-order valence-electron chi connectivity index (χ4n) is 4.28. The number of hydrogen-bond donors (Lipinski definition) is 0. The fraction of sp³-hybridized carbons (Fsp3) is 0.265. The number of pyridine rings is 1. The summed E-state index contributed by atoms with van der Waals surface area (Å²) in [6, 6.07) is 23.9. The Morgan fingerprint density at radius 3 is 1.90 bits per heavy atom. The highest BCUT2D eigenvalue weighted by atomic mass is 33.1. The van der Waals surface area contributed by atoms with Crippen LogP contribution in [0.25, 0.3) is 18.2 Å². The van der Waals surface area contributed by atoms with E-state index in [1.807, 2.05) is 27.7 Å². The number of hydrogen-bond acceptors (Lipinski definition) is 5. The molecule has 4 nitrogen and oxygen atoms in total. The third-order valence-electron chi connectivity index (χ3n) is 6.98. The largest absolute Gasteiger partial charge is 0.374 e. The van der Waals surface area contributed by atoms with Crippen molar-refractivity contribution in [1.82, 2.24) is 4.90 Å². The molecule has 0 amide bonds. The van der Waals surface area contributed by atoms with Gasteiger partial charge < -0.3 is 14.7 Å². The van der Waals surface area contributed by atoms with Gasteiger partial charge in [0.2, 0.25) is 5.69 Å². The van der Waals surface area contributed by atoms with Crippen LogP contribution in [0.5, 0.6) is 0 Å². The molecule has 1 aliphatic heterocycles. The van der Waals surface area contributed by atoms with Gasteiger partial charge in [0.1, 0.15) is 7.05 Å². The zero-order valence-corrected chi connectivity index (χ0v) is 25.7. The van der Waals surface area contributed by atoms with Crippen molar-refractivity contribution in [1.29, 1.82) is 0 Å². The van der Waals surface area contributed by atoms with E-state index < -0.39 is 0 Å². The fourth-order valence-corrected chi connectivity index (χ4v) is 6.37. The standard InChI is InChI=1S/C34H41N4S2/c1-35-23-7-5-9-31(35)17-11-29-13-19-33(20-14-29)37(3)25-27-39-40-28-26-38(4)34-21-15-30(16-22-34)12-18-32-10-6-8-24-36(32)2/h5-23H,24-28H2,1-4H3/q+1/b18-12+. The predicted octanol–water partition coefficient (Wildman–Crippen LogP) is 7.03. The second-order valence-electron chi connectivity index (χ2n) is 9.97. The Labute approximate surface area is 248 Å². The van der Waals surface area contributed by atoms with Crippen molar-refractivity contribution in [2.75, 3.05) is 62.1 Å². The number of benzene rings is 2. The van der Waals surface area contributed by atoms with Crippen LogP contribution in [0.3, 0.4) is 0 Å². The summed E-state index contributed by atoms with van der Waals surface area (Å²) >= 11 is 0. The smallest absolute Gasteiger partial charge is 0.204 e. The number of anilines is 2. The zero-order chi connectivity index (χ0) is 28.2. The lowest BCUT2D eigenvalue weighted by Gasteiger charge is -2.21. The Balaban J connectivity index is 1.12. The van der Waals surface area contributed by atoms with Gasteiger partial charge in [0.25, 0.3) is 0 Å². The first-order valence-corrected chi connectivity index (χ1v) is 16.2. The topological polar surface area (TPSA) is 13.6 Å². The summed E-state index contributed by atoms with van der Waals surface area (Å²) in [7, 11) is 12.5. The Morgan fingerprint density at radius 1 is 0.775 bits per heavy atom. The predicted molar refractivity (Wildman–Crippen MR) is 180 cm³/mol. The molecular formula is C34H41N4S2+. The minimum Gasteiger partial charge on any atom is -0.374 e. The molecule has 0 fully saturated rings. The number of nitrogens with zero attached hydrogens (tertiary/aromatic N) is 4. The van der Waals surface area contributed by atoms with Crippen molar-refractivity contribution in [3.8, 4) is 0 Å². The van der Waals surface area contributed by atoms with Gasteiger partial charge in [0.15, 0.2) is 6.20 Å². The van der Waals surface area contributed by atoms with E-state index >= 15 is 0 Å². The van der Waals surface area contributed by atoms with Crippen LogP contribution in [0.4, 0.5) is 11.4 Å². The molecule has 3 aromatic rings. The number of likely N-dealkylation sites (N-methyl/N-ethyl adjacent to an activating group) is 1. The molecule has 0 saturated carbocycles. The molecule has 1 aliphatic rings. The maximum absolute atomic E-state index is 2.34. The van der Waals surface area contributed by atoms with Crippen LogP contribution >= 0.6 is 21.6 Å². The van der Waals surface area contributed by atoms with Crippen LogP contribution in [0.2, 0.25) is 0 Å². The first-order valence-electron chi connectivity index (χ1n) is 13.8. The number of allylic oxidation sites excluding steroid dienone is 3. The summed E-state index contributed by atoms with van der Waals surface area (Å²) in [5.74, 6) is 2.19. The molecule has 0 saturated heterocycles. The average molecular weight is 570 g/mol. The Bertz CT molecular complexity index is 1330. The van der Waals surface area contributed by atoms with Gasteiger partial charge in [0, 0.05) is 87.6 Å².